The molecule has 3 nitrogen and oxygen atoms in total. The molecule has 3 heteroatoms. The monoisotopic (exact) mass is 156 g/mol. The van der Waals surface area contributed by atoms with Crippen molar-refractivity contribution < 1.29 is 4.74 Å². The van der Waals surface area contributed by atoms with Crippen LogP contribution in [-0.2, 0) is 11.3 Å². The Labute approximate surface area is 67.8 Å². The highest BCUT2D eigenvalue weighted by atomic mass is 16.5. The molecule has 0 aliphatic rings. The summed E-state index contributed by atoms with van der Waals surface area (Å²) in [4.78, 5) is 6.78. The van der Waals surface area contributed by atoms with Crippen LogP contribution in [-0.4, -0.2) is 16.6 Å². The molecule has 0 amide bonds. The van der Waals surface area contributed by atoms with Gasteiger partial charge < -0.3 is 9.72 Å². The molecule has 1 aromatic heterocycles. The van der Waals surface area contributed by atoms with Gasteiger partial charge in [-0.25, -0.2) is 4.98 Å². The number of aromatic amines is 1. The molecule has 64 valence electrons. The minimum atomic E-state index is 0.635. The molecule has 0 radical (unpaired) electrons. The van der Waals surface area contributed by atoms with Gasteiger partial charge in [-0.2, -0.15) is 0 Å². The Hall–Kier alpha value is -0.830. The van der Waals surface area contributed by atoms with Gasteiger partial charge in [0.25, 0.3) is 0 Å². The normalized spacial score (nSPS) is 8.64. The van der Waals surface area contributed by atoms with E-state index in [1.54, 1.807) is 12.5 Å². The Balaban J connectivity index is 0.000000461. The summed E-state index contributed by atoms with van der Waals surface area (Å²) in [6.45, 7) is 7.35. The molecule has 1 N–H and O–H groups in total. The first kappa shape index (κ1) is 10.2. The van der Waals surface area contributed by atoms with Crippen LogP contribution >= 0.6 is 0 Å². The quantitative estimate of drug-likeness (QED) is 0.726. The van der Waals surface area contributed by atoms with Gasteiger partial charge in [0.1, 0.15) is 0 Å². The van der Waals surface area contributed by atoms with Gasteiger partial charge in [-0.05, 0) is 6.92 Å². The number of nitrogens with zero attached hydrogens (tertiary/aromatic N) is 1. The molecular weight excluding hydrogens is 140 g/mol. The van der Waals surface area contributed by atoms with E-state index in [0.29, 0.717) is 6.61 Å². The van der Waals surface area contributed by atoms with Gasteiger partial charge in [0.15, 0.2) is 0 Å². The third-order valence-electron chi connectivity index (χ3n) is 1.02. The van der Waals surface area contributed by atoms with Crippen molar-refractivity contribution in [1.82, 2.24) is 9.97 Å². The largest absolute Gasteiger partial charge is 0.375 e. The fourth-order valence-corrected chi connectivity index (χ4v) is 0.576. The van der Waals surface area contributed by atoms with E-state index in [1.807, 2.05) is 20.8 Å². The summed E-state index contributed by atoms with van der Waals surface area (Å²) in [6, 6.07) is 0. The summed E-state index contributed by atoms with van der Waals surface area (Å²) in [5.74, 6) is 0. The summed E-state index contributed by atoms with van der Waals surface area (Å²) in [5.41, 5.74) is 1.02. The standard InChI is InChI=1S/C6H10N2O.C2H6/c1-2-9-4-6-3-7-5-8-6;1-2/h3,5H,2,4H2,1H3,(H,7,8);1-2H3. The lowest BCUT2D eigenvalue weighted by Gasteiger charge is -1.94. The van der Waals surface area contributed by atoms with Crippen molar-refractivity contribution in [3.05, 3.63) is 18.2 Å². The number of nitrogens with one attached hydrogen (secondary N) is 1. The summed E-state index contributed by atoms with van der Waals surface area (Å²) >= 11 is 0. The lowest BCUT2D eigenvalue weighted by molar-refractivity contribution is 0.131. The van der Waals surface area contributed by atoms with Gasteiger partial charge in [-0.3, -0.25) is 0 Å². The number of aromatic nitrogens is 2. The van der Waals surface area contributed by atoms with E-state index in [-0.39, 0.29) is 0 Å². The summed E-state index contributed by atoms with van der Waals surface area (Å²) in [6.07, 6.45) is 3.41. The van der Waals surface area contributed by atoms with Gasteiger partial charge in [0, 0.05) is 6.61 Å². The number of imidazole rings is 1. The lowest BCUT2D eigenvalue weighted by atomic mass is 10.5. The van der Waals surface area contributed by atoms with Gasteiger partial charge in [-0.15, -0.1) is 0 Å². The molecule has 0 spiro atoms. The predicted molar refractivity (Wildman–Crippen MR) is 45.3 cm³/mol. The van der Waals surface area contributed by atoms with E-state index in [9.17, 15) is 0 Å². The van der Waals surface area contributed by atoms with Gasteiger partial charge in [0.2, 0.25) is 0 Å². The van der Waals surface area contributed by atoms with Crippen molar-refractivity contribution in [3.8, 4) is 0 Å². The topological polar surface area (TPSA) is 37.9 Å². The molecule has 0 saturated carbocycles. The van der Waals surface area contributed by atoms with Crippen LogP contribution < -0.4 is 0 Å². The maximum absolute atomic E-state index is 5.11. The molecule has 0 atom stereocenters. The van der Waals surface area contributed by atoms with Gasteiger partial charge >= 0.3 is 0 Å². The van der Waals surface area contributed by atoms with E-state index in [1.165, 1.54) is 0 Å². The van der Waals surface area contributed by atoms with E-state index in [0.717, 1.165) is 12.3 Å². The molecule has 0 saturated heterocycles. The van der Waals surface area contributed by atoms with E-state index in [2.05, 4.69) is 9.97 Å². The number of rotatable bonds is 3. The van der Waals surface area contributed by atoms with E-state index >= 15 is 0 Å². The third kappa shape index (κ3) is 4.56. The minimum Gasteiger partial charge on any atom is -0.375 e. The van der Waals surface area contributed by atoms with Crippen molar-refractivity contribution >= 4 is 0 Å². The van der Waals surface area contributed by atoms with Crippen molar-refractivity contribution in [3.63, 3.8) is 0 Å². The van der Waals surface area contributed by atoms with Crippen LogP contribution in [0, 0.1) is 0 Å². The highest BCUT2D eigenvalue weighted by molar-refractivity contribution is 4.90. The molecule has 0 unspecified atom stereocenters. The molecule has 0 aromatic carbocycles. The average molecular weight is 156 g/mol. The summed E-state index contributed by atoms with van der Waals surface area (Å²) < 4.78 is 5.11. The van der Waals surface area contributed by atoms with Crippen LogP contribution in [0.3, 0.4) is 0 Å². The molecule has 0 aliphatic carbocycles. The highest BCUT2D eigenvalue weighted by Crippen LogP contribution is 1.92. The number of H-pyrrole nitrogens is 1. The third-order valence-corrected chi connectivity index (χ3v) is 1.02. The zero-order valence-corrected chi connectivity index (χ0v) is 7.42. The fraction of sp³-hybridized carbons (Fsp3) is 0.625. The Bertz CT molecular complexity index is 149. The van der Waals surface area contributed by atoms with Crippen LogP contribution in [0.4, 0.5) is 0 Å². The summed E-state index contributed by atoms with van der Waals surface area (Å²) in [5, 5.41) is 0. The second-order valence-electron chi connectivity index (χ2n) is 1.71. The fourth-order valence-electron chi connectivity index (χ4n) is 0.576. The molecule has 1 aromatic rings. The molecule has 0 fully saturated rings. The first-order chi connectivity index (χ1) is 5.43. The molecule has 1 rings (SSSR count). The van der Waals surface area contributed by atoms with Crippen LogP contribution in [0.2, 0.25) is 0 Å². The zero-order chi connectivity index (χ0) is 8.53. The Morgan fingerprint density at radius 3 is 2.73 bits per heavy atom. The predicted octanol–water partition coefficient (Wildman–Crippen LogP) is 1.97. The first-order valence-corrected chi connectivity index (χ1v) is 3.98. The van der Waals surface area contributed by atoms with Crippen molar-refractivity contribution in [2.24, 2.45) is 0 Å². The Kier molecular flexibility index (Phi) is 6.73. The van der Waals surface area contributed by atoms with Crippen LogP contribution in [0.5, 0.6) is 0 Å². The van der Waals surface area contributed by atoms with Crippen LogP contribution in [0.25, 0.3) is 0 Å². The first-order valence-electron chi connectivity index (χ1n) is 3.98. The Morgan fingerprint density at radius 1 is 1.55 bits per heavy atom. The van der Waals surface area contributed by atoms with Gasteiger partial charge in [0.05, 0.1) is 24.8 Å². The minimum absolute atomic E-state index is 0.635. The molecule has 0 bridgehead atoms. The lowest BCUT2D eigenvalue weighted by Crippen LogP contribution is -1.90. The number of ether oxygens (including phenoxy) is 1. The van der Waals surface area contributed by atoms with Crippen LogP contribution in [0.15, 0.2) is 12.5 Å². The molecule has 11 heavy (non-hydrogen) atoms. The maximum atomic E-state index is 5.11. The van der Waals surface area contributed by atoms with Crippen LogP contribution in [0.1, 0.15) is 26.5 Å². The SMILES string of the molecule is CC.CCOCc1cnc[nH]1. The van der Waals surface area contributed by atoms with Crippen molar-refractivity contribution in [2.75, 3.05) is 6.61 Å². The van der Waals surface area contributed by atoms with Crippen molar-refractivity contribution in [1.29, 1.82) is 0 Å². The number of hydrogen-bond donors (Lipinski definition) is 1. The van der Waals surface area contributed by atoms with E-state index < -0.39 is 0 Å². The van der Waals surface area contributed by atoms with E-state index in [4.69, 9.17) is 4.74 Å². The molecule has 0 aliphatic heterocycles. The Morgan fingerprint density at radius 2 is 2.27 bits per heavy atom. The molecular formula is C8H16N2O. The number of hydrogen-bond acceptors (Lipinski definition) is 2. The average Bonchev–Trinajstić information content (AvgIpc) is 2.57. The summed E-state index contributed by atoms with van der Waals surface area (Å²) in [7, 11) is 0. The van der Waals surface area contributed by atoms with Crippen molar-refractivity contribution in [2.45, 2.75) is 27.4 Å². The smallest absolute Gasteiger partial charge is 0.0922 e. The second kappa shape index (κ2) is 7.28. The zero-order valence-electron chi connectivity index (χ0n) is 7.42. The maximum Gasteiger partial charge on any atom is 0.0922 e. The second-order valence-corrected chi connectivity index (χ2v) is 1.71. The molecule has 1 heterocycles. The highest BCUT2D eigenvalue weighted by Gasteiger charge is 1.89. The van der Waals surface area contributed by atoms with Gasteiger partial charge in [-0.1, -0.05) is 13.8 Å².